The first-order chi connectivity index (χ1) is 14.0. The molecule has 1 unspecified atom stereocenters. The normalized spacial score (nSPS) is 12.2. The van der Waals surface area contributed by atoms with Crippen molar-refractivity contribution in [3.63, 3.8) is 0 Å². The van der Waals surface area contributed by atoms with E-state index in [0.717, 1.165) is 28.0 Å². The first-order valence-corrected chi connectivity index (χ1v) is 9.73. The van der Waals surface area contributed by atoms with E-state index in [-0.39, 0.29) is 11.7 Å². The largest absolute Gasteiger partial charge is 0.334 e. The van der Waals surface area contributed by atoms with E-state index >= 15 is 0 Å². The van der Waals surface area contributed by atoms with E-state index in [0.29, 0.717) is 23.6 Å². The summed E-state index contributed by atoms with van der Waals surface area (Å²) >= 11 is 5.92. The molecule has 3 aromatic heterocycles. The van der Waals surface area contributed by atoms with Crippen LogP contribution in [-0.2, 0) is 13.5 Å². The molecule has 0 amide bonds. The molecule has 4 rings (SSSR count). The minimum absolute atomic E-state index is 0.0207. The Morgan fingerprint density at radius 2 is 1.86 bits per heavy atom. The molecule has 0 saturated heterocycles. The van der Waals surface area contributed by atoms with Crippen LogP contribution in [0.15, 0.2) is 55.2 Å². The zero-order chi connectivity index (χ0) is 20.4. The van der Waals surface area contributed by atoms with Crippen LogP contribution in [-0.4, -0.2) is 30.3 Å². The van der Waals surface area contributed by atoms with E-state index < -0.39 is 0 Å². The first kappa shape index (κ1) is 19.2. The molecule has 0 fully saturated rings. The van der Waals surface area contributed by atoms with Crippen LogP contribution in [0.2, 0.25) is 5.02 Å². The van der Waals surface area contributed by atoms with Crippen LogP contribution in [0.5, 0.6) is 0 Å². The Morgan fingerprint density at radius 1 is 1.07 bits per heavy atom. The van der Waals surface area contributed by atoms with E-state index in [4.69, 9.17) is 11.6 Å². The van der Waals surface area contributed by atoms with Crippen molar-refractivity contribution in [1.29, 1.82) is 0 Å². The van der Waals surface area contributed by atoms with Crippen molar-refractivity contribution in [2.45, 2.75) is 25.7 Å². The molecule has 1 aromatic carbocycles. The van der Waals surface area contributed by atoms with E-state index in [2.05, 4.69) is 19.9 Å². The van der Waals surface area contributed by atoms with Gasteiger partial charge in [0.1, 0.15) is 11.2 Å². The van der Waals surface area contributed by atoms with Crippen molar-refractivity contribution in [3.05, 3.63) is 82.9 Å². The zero-order valence-electron chi connectivity index (χ0n) is 16.2. The fraction of sp³-hybridized carbons (Fsp3) is 0.227. The number of pyridine rings is 1. The SMILES string of the molecule is CC(CC(=O)c1cc2c(cn1)ncn2C)c1cnc(Cc2ccc(Cl)cc2)cn1. The molecule has 0 bridgehead atoms. The van der Waals surface area contributed by atoms with Crippen molar-refractivity contribution >= 4 is 28.4 Å². The molecule has 146 valence electrons. The van der Waals surface area contributed by atoms with Crippen LogP contribution in [0.4, 0.5) is 0 Å². The molecular weight excluding hydrogens is 386 g/mol. The van der Waals surface area contributed by atoms with Crippen molar-refractivity contribution in [3.8, 4) is 0 Å². The Hall–Kier alpha value is -3.12. The Bertz CT molecular complexity index is 1150. The highest BCUT2D eigenvalue weighted by atomic mass is 35.5. The molecule has 6 nitrogen and oxygen atoms in total. The van der Waals surface area contributed by atoms with Crippen molar-refractivity contribution in [1.82, 2.24) is 24.5 Å². The second kappa shape index (κ2) is 8.09. The van der Waals surface area contributed by atoms with Gasteiger partial charge in [0, 0.05) is 43.2 Å². The van der Waals surface area contributed by atoms with E-state index in [1.165, 1.54) is 0 Å². The number of halogens is 1. The van der Waals surface area contributed by atoms with Crippen LogP contribution in [0, 0.1) is 0 Å². The fourth-order valence-electron chi connectivity index (χ4n) is 3.19. The summed E-state index contributed by atoms with van der Waals surface area (Å²) in [7, 11) is 1.90. The number of carbonyl (C=O) groups is 1. The summed E-state index contributed by atoms with van der Waals surface area (Å²) in [4.78, 5) is 30.2. The van der Waals surface area contributed by atoms with Gasteiger partial charge in [0.2, 0.25) is 0 Å². The predicted octanol–water partition coefficient (Wildman–Crippen LogP) is 4.38. The highest BCUT2D eigenvalue weighted by Crippen LogP contribution is 2.20. The zero-order valence-corrected chi connectivity index (χ0v) is 17.0. The molecule has 4 aromatic rings. The average molecular weight is 406 g/mol. The number of rotatable bonds is 6. The maximum atomic E-state index is 12.7. The van der Waals surface area contributed by atoms with Crippen molar-refractivity contribution in [2.24, 2.45) is 7.05 Å². The van der Waals surface area contributed by atoms with Gasteiger partial charge in [-0.2, -0.15) is 0 Å². The molecule has 0 spiro atoms. The van der Waals surface area contributed by atoms with Crippen LogP contribution in [0.25, 0.3) is 11.0 Å². The lowest BCUT2D eigenvalue weighted by Gasteiger charge is -2.10. The number of ketones is 1. The number of carbonyl (C=O) groups excluding carboxylic acids is 1. The third-order valence-corrected chi connectivity index (χ3v) is 5.17. The highest BCUT2D eigenvalue weighted by molar-refractivity contribution is 6.30. The Labute approximate surface area is 173 Å². The lowest BCUT2D eigenvalue weighted by atomic mass is 9.99. The lowest BCUT2D eigenvalue weighted by molar-refractivity contribution is 0.0970. The fourth-order valence-corrected chi connectivity index (χ4v) is 3.32. The van der Waals surface area contributed by atoms with Gasteiger partial charge >= 0.3 is 0 Å². The number of fused-ring (bicyclic) bond motifs is 1. The van der Waals surface area contributed by atoms with Gasteiger partial charge < -0.3 is 4.57 Å². The summed E-state index contributed by atoms with van der Waals surface area (Å²) in [6.07, 6.45) is 7.88. The number of aromatic nitrogens is 5. The first-order valence-electron chi connectivity index (χ1n) is 9.35. The standard InChI is InChI=1S/C22H20ClN5O/c1-14(7-22(29)18-9-21-20(12-26-18)27-13-28(21)2)19-11-24-17(10-25-19)8-15-3-5-16(23)6-4-15/h3-6,9-14H,7-8H2,1-2H3. The summed E-state index contributed by atoms with van der Waals surface area (Å²) in [6.45, 7) is 1.98. The minimum Gasteiger partial charge on any atom is -0.334 e. The Kier molecular flexibility index (Phi) is 5.36. The summed E-state index contributed by atoms with van der Waals surface area (Å²) in [6, 6.07) is 9.47. The lowest BCUT2D eigenvalue weighted by Crippen LogP contribution is -2.09. The number of hydrogen-bond donors (Lipinski definition) is 0. The quantitative estimate of drug-likeness (QED) is 0.445. The van der Waals surface area contributed by atoms with Gasteiger partial charge in [-0.3, -0.25) is 19.7 Å². The average Bonchev–Trinajstić information content (AvgIpc) is 3.10. The number of hydrogen-bond acceptors (Lipinski definition) is 5. The molecule has 29 heavy (non-hydrogen) atoms. The van der Waals surface area contributed by atoms with E-state index in [9.17, 15) is 4.79 Å². The third-order valence-electron chi connectivity index (χ3n) is 4.92. The van der Waals surface area contributed by atoms with Crippen LogP contribution >= 0.6 is 11.6 Å². The molecule has 0 aliphatic rings. The van der Waals surface area contributed by atoms with Gasteiger partial charge in [0.15, 0.2) is 5.78 Å². The van der Waals surface area contributed by atoms with Gasteiger partial charge in [-0.05, 0) is 23.8 Å². The Balaban J connectivity index is 1.43. The summed E-state index contributed by atoms with van der Waals surface area (Å²) in [5.74, 6) is -0.0729. The number of aryl methyl sites for hydroxylation is 1. The van der Waals surface area contributed by atoms with Gasteiger partial charge in [-0.15, -0.1) is 0 Å². The van der Waals surface area contributed by atoms with Crippen molar-refractivity contribution < 1.29 is 4.79 Å². The monoisotopic (exact) mass is 405 g/mol. The second-order valence-corrected chi connectivity index (χ2v) is 7.61. The maximum absolute atomic E-state index is 12.7. The molecule has 3 heterocycles. The summed E-state index contributed by atoms with van der Waals surface area (Å²) in [5.41, 5.74) is 4.90. The number of nitrogens with zero attached hydrogens (tertiary/aromatic N) is 5. The van der Waals surface area contributed by atoms with Crippen LogP contribution in [0.3, 0.4) is 0 Å². The number of imidazole rings is 1. The maximum Gasteiger partial charge on any atom is 0.181 e. The molecule has 0 aliphatic heterocycles. The van der Waals surface area contributed by atoms with Gasteiger partial charge in [-0.1, -0.05) is 30.7 Å². The Morgan fingerprint density at radius 3 is 2.59 bits per heavy atom. The second-order valence-electron chi connectivity index (χ2n) is 7.18. The summed E-state index contributed by atoms with van der Waals surface area (Å²) < 4.78 is 1.88. The molecule has 0 aliphatic carbocycles. The van der Waals surface area contributed by atoms with Gasteiger partial charge in [-0.25, -0.2) is 4.98 Å². The summed E-state index contributed by atoms with van der Waals surface area (Å²) in [5, 5.41) is 0.714. The van der Waals surface area contributed by atoms with E-state index in [1.807, 2.05) is 42.8 Å². The van der Waals surface area contributed by atoms with Gasteiger partial charge in [0.05, 0.1) is 29.4 Å². The highest BCUT2D eigenvalue weighted by Gasteiger charge is 2.17. The smallest absolute Gasteiger partial charge is 0.181 e. The minimum atomic E-state index is -0.0522. The molecule has 0 saturated carbocycles. The van der Waals surface area contributed by atoms with E-state index in [1.54, 1.807) is 31.0 Å². The molecule has 7 heteroatoms. The molecular formula is C22H20ClN5O. The van der Waals surface area contributed by atoms with Crippen molar-refractivity contribution in [2.75, 3.05) is 0 Å². The van der Waals surface area contributed by atoms with Gasteiger partial charge in [0.25, 0.3) is 0 Å². The molecule has 0 N–H and O–H groups in total. The van der Waals surface area contributed by atoms with Crippen LogP contribution < -0.4 is 0 Å². The third kappa shape index (κ3) is 4.32. The number of Topliss-reactive ketones (excluding diaryl/α,β-unsaturated/α-hetero) is 1. The predicted molar refractivity (Wildman–Crippen MR) is 112 cm³/mol. The number of benzene rings is 1. The molecule has 0 radical (unpaired) electrons. The topological polar surface area (TPSA) is 73.6 Å². The molecule has 1 atom stereocenters. The van der Waals surface area contributed by atoms with Crippen LogP contribution in [0.1, 0.15) is 46.7 Å².